The summed E-state index contributed by atoms with van der Waals surface area (Å²) in [6, 6.07) is 5.44. The average molecular weight is 282 g/mol. The van der Waals surface area contributed by atoms with E-state index in [1.54, 1.807) is 12.1 Å². The first-order valence-corrected chi connectivity index (χ1v) is 7.61. The van der Waals surface area contributed by atoms with Gasteiger partial charge < -0.3 is 10.1 Å². The Bertz CT molecular complexity index is 448. The topological polar surface area (TPSA) is 64.4 Å². The van der Waals surface area contributed by atoms with Crippen LogP contribution in [0.4, 0.5) is 11.4 Å². The Morgan fingerprint density at radius 3 is 2.84 bits per heavy atom. The van der Waals surface area contributed by atoms with Crippen molar-refractivity contribution in [3.05, 3.63) is 28.3 Å². The highest BCUT2D eigenvalue weighted by Crippen LogP contribution is 2.31. The van der Waals surface area contributed by atoms with Gasteiger partial charge in [0.1, 0.15) is 0 Å². The van der Waals surface area contributed by atoms with Gasteiger partial charge in [0.25, 0.3) is 0 Å². The number of ether oxygens (including phenoxy) is 1. The van der Waals surface area contributed by atoms with Crippen LogP contribution in [0.15, 0.2) is 18.2 Å². The van der Waals surface area contributed by atoms with Crippen LogP contribution in [0.5, 0.6) is 5.75 Å². The fraction of sp³-hybridized carbons (Fsp3) is 0.538. The van der Waals surface area contributed by atoms with E-state index in [-0.39, 0.29) is 5.69 Å². The van der Waals surface area contributed by atoms with Gasteiger partial charge in [-0.2, -0.15) is 11.8 Å². The zero-order valence-corrected chi connectivity index (χ0v) is 11.7. The van der Waals surface area contributed by atoms with Crippen LogP contribution in [-0.2, 0) is 0 Å². The molecule has 1 heterocycles. The van der Waals surface area contributed by atoms with Crippen molar-refractivity contribution in [1.82, 2.24) is 0 Å². The van der Waals surface area contributed by atoms with Crippen LogP contribution in [0.3, 0.4) is 0 Å². The molecule has 5 nitrogen and oxygen atoms in total. The van der Waals surface area contributed by atoms with Gasteiger partial charge in [0.15, 0.2) is 5.75 Å². The summed E-state index contributed by atoms with van der Waals surface area (Å²) < 4.78 is 5.34. The van der Waals surface area contributed by atoms with E-state index in [9.17, 15) is 10.1 Å². The highest BCUT2D eigenvalue weighted by atomic mass is 32.2. The first-order chi connectivity index (χ1) is 9.20. The lowest BCUT2D eigenvalue weighted by molar-refractivity contribution is -0.385. The summed E-state index contributed by atoms with van der Waals surface area (Å²) in [6.45, 7) is 2.24. The Labute approximate surface area is 116 Å². The molecule has 1 aromatic carbocycles. The summed E-state index contributed by atoms with van der Waals surface area (Å²) in [6.07, 6.45) is 2.26. The van der Waals surface area contributed by atoms with Crippen LogP contribution >= 0.6 is 11.8 Å². The van der Waals surface area contributed by atoms with E-state index in [4.69, 9.17) is 4.74 Å². The number of thioether (sulfide) groups is 1. The maximum Gasteiger partial charge on any atom is 0.311 e. The molecular formula is C13H18N2O3S. The molecule has 0 bridgehead atoms. The molecule has 2 rings (SSSR count). The van der Waals surface area contributed by atoms with Gasteiger partial charge in [-0.05, 0) is 37.3 Å². The fourth-order valence-electron chi connectivity index (χ4n) is 2.10. The van der Waals surface area contributed by atoms with E-state index in [1.807, 2.05) is 18.7 Å². The van der Waals surface area contributed by atoms with E-state index >= 15 is 0 Å². The number of nitrogens with one attached hydrogen (secondary N) is 1. The third-order valence-corrected chi connectivity index (χ3v) is 4.10. The van der Waals surface area contributed by atoms with Gasteiger partial charge in [0, 0.05) is 23.9 Å². The molecule has 1 saturated heterocycles. The van der Waals surface area contributed by atoms with Gasteiger partial charge in [0.2, 0.25) is 0 Å². The van der Waals surface area contributed by atoms with Gasteiger partial charge in [-0.25, -0.2) is 0 Å². The molecular weight excluding hydrogens is 264 g/mol. The number of nitro benzene ring substituents is 1. The standard InChI is InChI=1S/C13H18N2O3S/c1-2-18-13-9-11(3-4-12(13)15(16)17)14-10-5-7-19-8-6-10/h3-4,9-10,14H,2,5-8H2,1H3. The molecule has 0 atom stereocenters. The third kappa shape index (κ3) is 3.76. The number of nitrogens with zero attached hydrogens (tertiary/aromatic N) is 1. The van der Waals surface area contributed by atoms with Crippen molar-refractivity contribution in [2.75, 3.05) is 23.4 Å². The molecule has 19 heavy (non-hydrogen) atoms. The molecule has 1 aliphatic rings. The summed E-state index contributed by atoms with van der Waals surface area (Å²) in [5.74, 6) is 2.68. The Kier molecular flexibility index (Phi) is 4.90. The lowest BCUT2D eigenvalue weighted by atomic mass is 10.1. The second-order valence-electron chi connectivity index (χ2n) is 4.40. The molecule has 1 aromatic rings. The van der Waals surface area contributed by atoms with Crippen molar-refractivity contribution in [3.8, 4) is 5.75 Å². The minimum absolute atomic E-state index is 0.0200. The van der Waals surface area contributed by atoms with Crippen LogP contribution < -0.4 is 10.1 Å². The summed E-state index contributed by atoms with van der Waals surface area (Å²) in [4.78, 5) is 10.5. The molecule has 1 aliphatic heterocycles. The van der Waals surface area contributed by atoms with E-state index in [0.717, 1.165) is 18.5 Å². The monoisotopic (exact) mass is 282 g/mol. The van der Waals surface area contributed by atoms with Crippen LogP contribution in [0.1, 0.15) is 19.8 Å². The molecule has 104 valence electrons. The SMILES string of the molecule is CCOc1cc(NC2CCSCC2)ccc1[N+](=O)[O-]. The van der Waals surface area contributed by atoms with Crippen LogP contribution in [0.25, 0.3) is 0 Å². The molecule has 1 N–H and O–H groups in total. The molecule has 0 radical (unpaired) electrons. The quantitative estimate of drug-likeness (QED) is 0.663. The number of nitro groups is 1. The summed E-state index contributed by atoms with van der Waals surface area (Å²) >= 11 is 1.97. The number of hydrogen-bond acceptors (Lipinski definition) is 5. The predicted molar refractivity (Wildman–Crippen MR) is 78.2 cm³/mol. The minimum Gasteiger partial charge on any atom is -0.487 e. The van der Waals surface area contributed by atoms with Crippen LogP contribution in [0.2, 0.25) is 0 Å². The number of anilines is 1. The first kappa shape index (κ1) is 14.0. The smallest absolute Gasteiger partial charge is 0.311 e. The fourth-order valence-corrected chi connectivity index (χ4v) is 3.21. The molecule has 6 heteroatoms. The summed E-state index contributed by atoms with van der Waals surface area (Å²) in [7, 11) is 0. The Hall–Kier alpha value is -1.43. The molecule has 0 saturated carbocycles. The Morgan fingerprint density at radius 2 is 2.21 bits per heavy atom. The second-order valence-corrected chi connectivity index (χ2v) is 5.63. The molecule has 0 aliphatic carbocycles. The van der Waals surface area contributed by atoms with Crippen molar-refractivity contribution in [1.29, 1.82) is 0 Å². The average Bonchev–Trinajstić information content (AvgIpc) is 2.40. The lowest BCUT2D eigenvalue weighted by Crippen LogP contribution is -2.24. The number of hydrogen-bond donors (Lipinski definition) is 1. The largest absolute Gasteiger partial charge is 0.487 e. The van der Waals surface area contributed by atoms with Crippen molar-refractivity contribution in [2.24, 2.45) is 0 Å². The zero-order valence-electron chi connectivity index (χ0n) is 10.9. The molecule has 0 aromatic heterocycles. The Morgan fingerprint density at radius 1 is 1.47 bits per heavy atom. The highest BCUT2D eigenvalue weighted by Gasteiger charge is 2.18. The van der Waals surface area contributed by atoms with Gasteiger partial charge in [-0.15, -0.1) is 0 Å². The molecule has 0 spiro atoms. The first-order valence-electron chi connectivity index (χ1n) is 6.46. The number of rotatable bonds is 5. The van der Waals surface area contributed by atoms with Crippen LogP contribution in [0, 0.1) is 10.1 Å². The normalized spacial score (nSPS) is 16.1. The van der Waals surface area contributed by atoms with Crippen molar-refractivity contribution >= 4 is 23.1 Å². The zero-order chi connectivity index (χ0) is 13.7. The third-order valence-electron chi connectivity index (χ3n) is 3.05. The predicted octanol–water partition coefficient (Wildman–Crippen LogP) is 3.30. The summed E-state index contributed by atoms with van der Waals surface area (Å²) in [5, 5.41) is 14.3. The molecule has 1 fully saturated rings. The van der Waals surface area contributed by atoms with E-state index in [2.05, 4.69) is 5.32 Å². The molecule has 0 amide bonds. The van der Waals surface area contributed by atoms with Gasteiger partial charge in [-0.3, -0.25) is 10.1 Å². The second kappa shape index (κ2) is 6.65. The van der Waals surface area contributed by atoms with Crippen molar-refractivity contribution in [3.63, 3.8) is 0 Å². The maximum absolute atomic E-state index is 10.9. The van der Waals surface area contributed by atoms with Gasteiger partial charge >= 0.3 is 5.69 Å². The number of benzene rings is 1. The van der Waals surface area contributed by atoms with Crippen molar-refractivity contribution < 1.29 is 9.66 Å². The van der Waals surface area contributed by atoms with Gasteiger partial charge in [0.05, 0.1) is 11.5 Å². The van der Waals surface area contributed by atoms with Gasteiger partial charge in [-0.1, -0.05) is 0 Å². The van der Waals surface area contributed by atoms with E-state index < -0.39 is 4.92 Å². The lowest BCUT2D eigenvalue weighted by Gasteiger charge is -2.23. The van der Waals surface area contributed by atoms with E-state index in [0.29, 0.717) is 18.4 Å². The van der Waals surface area contributed by atoms with Crippen molar-refractivity contribution in [2.45, 2.75) is 25.8 Å². The molecule has 0 unspecified atom stereocenters. The maximum atomic E-state index is 10.9. The highest BCUT2D eigenvalue weighted by molar-refractivity contribution is 7.99. The summed E-state index contributed by atoms with van der Waals surface area (Å²) in [5.41, 5.74) is 0.914. The van der Waals surface area contributed by atoms with Crippen LogP contribution in [-0.4, -0.2) is 29.1 Å². The Balaban J connectivity index is 2.12. The van der Waals surface area contributed by atoms with E-state index in [1.165, 1.54) is 17.6 Å². The minimum atomic E-state index is -0.411.